The van der Waals surface area contributed by atoms with E-state index < -0.39 is 0 Å². The number of amides is 1. The summed E-state index contributed by atoms with van der Waals surface area (Å²) in [6.07, 6.45) is 4.97. The molecule has 1 atom stereocenters. The maximum Gasteiger partial charge on any atom is 0.255 e. The van der Waals surface area contributed by atoms with Crippen molar-refractivity contribution in [2.45, 2.75) is 38.6 Å². The molecule has 4 heteroatoms. The van der Waals surface area contributed by atoms with Gasteiger partial charge in [-0.1, -0.05) is 12.8 Å². The van der Waals surface area contributed by atoms with Crippen LogP contribution < -0.4 is 15.8 Å². The highest BCUT2D eigenvalue weighted by Crippen LogP contribution is 2.28. The first-order chi connectivity index (χ1) is 9.11. The fourth-order valence-electron chi connectivity index (χ4n) is 2.76. The molecule has 1 aliphatic rings. The lowest BCUT2D eigenvalue weighted by Crippen LogP contribution is -2.37. The minimum absolute atomic E-state index is 0.0868. The summed E-state index contributed by atoms with van der Waals surface area (Å²) in [6, 6.07) is 5.31. The van der Waals surface area contributed by atoms with Gasteiger partial charge in [-0.3, -0.25) is 4.79 Å². The number of carbonyl (C=O) groups excluding carboxylic acids is 1. The minimum Gasteiger partial charge on any atom is -0.496 e. The molecular weight excluding hydrogens is 240 g/mol. The summed E-state index contributed by atoms with van der Waals surface area (Å²) in [5.41, 5.74) is 6.83. The van der Waals surface area contributed by atoms with Crippen LogP contribution in [0, 0.1) is 5.92 Å². The molecule has 1 aliphatic carbocycles. The Morgan fingerprint density at radius 1 is 1.42 bits per heavy atom. The van der Waals surface area contributed by atoms with E-state index in [1.54, 1.807) is 25.3 Å². The molecule has 2 rings (SSSR count). The molecule has 104 valence electrons. The molecular formula is C15H22N2O2. The maximum absolute atomic E-state index is 12.3. The average Bonchev–Trinajstić information content (AvgIpc) is 2.92. The minimum atomic E-state index is -0.0868. The van der Waals surface area contributed by atoms with Crippen LogP contribution in [0.4, 0.5) is 5.69 Å². The Hall–Kier alpha value is -1.71. The van der Waals surface area contributed by atoms with Crippen LogP contribution in [0.3, 0.4) is 0 Å². The fourth-order valence-corrected chi connectivity index (χ4v) is 2.76. The molecule has 4 nitrogen and oxygen atoms in total. The molecule has 0 aliphatic heterocycles. The normalized spacial score (nSPS) is 17.2. The number of nitrogens with one attached hydrogen (secondary N) is 1. The van der Waals surface area contributed by atoms with Gasteiger partial charge in [-0.25, -0.2) is 0 Å². The fraction of sp³-hybridized carbons (Fsp3) is 0.533. The highest BCUT2D eigenvalue weighted by atomic mass is 16.5. The molecule has 0 saturated heterocycles. The number of hydrogen-bond donors (Lipinski definition) is 2. The van der Waals surface area contributed by atoms with Crippen molar-refractivity contribution in [3.05, 3.63) is 23.8 Å². The largest absolute Gasteiger partial charge is 0.496 e. The quantitative estimate of drug-likeness (QED) is 0.820. The number of hydrogen-bond acceptors (Lipinski definition) is 3. The molecule has 0 aromatic heterocycles. The van der Waals surface area contributed by atoms with Crippen molar-refractivity contribution in [3.63, 3.8) is 0 Å². The third kappa shape index (κ3) is 3.19. The zero-order valence-corrected chi connectivity index (χ0v) is 11.6. The first-order valence-corrected chi connectivity index (χ1v) is 6.86. The van der Waals surface area contributed by atoms with Crippen molar-refractivity contribution in [2.24, 2.45) is 5.92 Å². The zero-order chi connectivity index (χ0) is 13.8. The number of ether oxygens (including phenoxy) is 1. The number of methoxy groups -OCH3 is 1. The van der Waals surface area contributed by atoms with Crippen molar-refractivity contribution >= 4 is 11.6 Å². The van der Waals surface area contributed by atoms with Gasteiger partial charge in [0.05, 0.1) is 12.7 Å². The Morgan fingerprint density at radius 3 is 2.74 bits per heavy atom. The molecule has 0 heterocycles. The molecule has 1 amide bonds. The summed E-state index contributed by atoms with van der Waals surface area (Å²) in [7, 11) is 1.55. The number of anilines is 1. The summed E-state index contributed by atoms with van der Waals surface area (Å²) in [4.78, 5) is 12.3. The van der Waals surface area contributed by atoms with Gasteiger partial charge in [0.25, 0.3) is 5.91 Å². The Balaban J connectivity index is 2.06. The lowest BCUT2D eigenvalue weighted by Gasteiger charge is -2.21. The first kappa shape index (κ1) is 13.7. The molecule has 1 aromatic rings. The molecule has 19 heavy (non-hydrogen) atoms. The van der Waals surface area contributed by atoms with Crippen molar-refractivity contribution < 1.29 is 9.53 Å². The van der Waals surface area contributed by atoms with E-state index in [9.17, 15) is 4.79 Å². The van der Waals surface area contributed by atoms with Gasteiger partial charge in [-0.2, -0.15) is 0 Å². The van der Waals surface area contributed by atoms with Crippen LogP contribution in [-0.2, 0) is 0 Å². The lowest BCUT2D eigenvalue weighted by atomic mass is 9.99. The average molecular weight is 262 g/mol. The van der Waals surface area contributed by atoms with E-state index >= 15 is 0 Å². The molecule has 0 spiro atoms. The van der Waals surface area contributed by atoms with Gasteiger partial charge in [0, 0.05) is 17.8 Å². The standard InChI is InChI=1S/C15H22N2O2/c1-10(11-5-3-4-6-11)17-15(18)13-8-7-12(16)9-14(13)19-2/h7-11H,3-6,16H2,1-2H3,(H,17,18)/t10-/m0/s1. The van der Waals surface area contributed by atoms with Crippen LogP contribution in [0.2, 0.25) is 0 Å². The molecule has 3 N–H and O–H groups in total. The van der Waals surface area contributed by atoms with Gasteiger partial charge in [-0.15, -0.1) is 0 Å². The van der Waals surface area contributed by atoms with Crippen molar-refractivity contribution in [1.29, 1.82) is 0 Å². The molecule has 0 unspecified atom stereocenters. The molecule has 1 aromatic carbocycles. The summed E-state index contributed by atoms with van der Waals surface area (Å²) in [5.74, 6) is 1.04. The van der Waals surface area contributed by atoms with E-state index in [4.69, 9.17) is 10.5 Å². The molecule has 0 radical (unpaired) electrons. The van der Waals surface area contributed by atoms with Crippen molar-refractivity contribution in [3.8, 4) is 5.75 Å². The predicted octanol–water partition coefficient (Wildman–Crippen LogP) is 2.59. The monoisotopic (exact) mass is 262 g/mol. The van der Waals surface area contributed by atoms with E-state index in [0.29, 0.717) is 22.9 Å². The van der Waals surface area contributed by atoms with Gasteiger partial charge >= 0.3 is 0 Å². The number of rotatable bonds is 4. The Morgan fingerprint density at radius 2 is 2.11 bits per heavy atom. The maximum atomic E-state index is 12.3. The second-order valence-electron chi connectivity index (χ2n) is 5.27. The van der Waals surface area contributed by atoms with Gasteiger partial charge in [0.15, 0.2) is 0 Å². The van der Waals surface area contributed by atoms with E-state index in [2.05, 4.69) is 12.2 Å². The van der Waals surface area contributed by atoms with Gasteiger partial charge < -0.3 is 15.8 Å². The van der Waals surface area contributed by atoms with Gasteiger partial charge in [0.2, 0.25) is 0 Å². The number of nitrogen functional groups attached to an aromatic ring is 1. The zero-order valence-electron chi connectivity index (χ0n) is 11.6. The summed E-state index contributed by atoms with van der Waals surface area (Å²) >= 11 is 0. The van der Waals surface area contributed by atoms with Gasteiger partial charge in [0.1, 0.15) is 5.75 Å². The van der Waals surface area contributed by atoms with E-state index in [1.165, 1.54) is 25.7 Å². The summed E-state index contributed by atoms with van der Waals surface area (Å²) < 4.78 is 5.21. The van der Waals surface area contributed by atoms with Crippen LogP contribution in [0.1, 0.15) is 43.0 Å². The second kappa shape index (κ2) is 5.95. The van der Waals surface area contributed by atoms with Crippen molar-refractivity contribution in [1.82, 2.24) is 5.32 Å². The van der Waals surface area contributed by atoms with Crippen LogP contribution in [0.5, 0.6) is 5.75 Å². The highest BCUT2D eigenvalue weighted by molar-refractivity contribution is 5.97. The first-order valence-electron chi connectivity index (χ1n) is 6.86. The van der Waals surface area contributed by atoms with E-state index in [1.807, 2.05) is 0 Å². The number of benzene rings is 1. The Labute approximate surface area is 114 Å². The molecule has 0 bridgehead atoms. The smallest absolute Gasteiger partial charge is 0.255 e. The van der Waals surface area contributed by atoms with Crippen LogP contribution in [-0.4, -0.2) is 19.1 Å². The van der Waals surface area contributed by atoms with Crippen LogP contribution in [0.15, 0.2) is 18.2 Å². The van der Waals surface area contributed by atoms with Crippen LogP contribution >= 0.6 is 0 Å². The van der Waals surface area contributed by atoms with Gasteiger partial charge in [-0.05, 0) is 37.8 Å². The predicted molar refractivity (Wildman–Crippen MR) is 76.3 cm³/mol. The number of carbonyl (C=O) groups is 1. The SMILES string of the molecule is COc1cc(N)ccc1C(=O)N[C@@H](C)C1CCCC1. The van der Waals surface area contributed by atoms with E-state index in [0.717, 1.165) is 0 Å². The molecule has 1 saturated carbocycles. The Bertz CT molecular complexity index is 453. The van der Waals surface area contributed by atoms with Crippen LogP contribution in [0.25, 0.3) is 0 Å². The highest BCUT2D eigenvalue weighted by Gasteiger charge is 2.24. The number of nitrogens with two attached hydrogens (primary N) is 1. The third-order valence-corrected chi connectivity index (χ3v) is 3.94. The second-order valence-corrected chi connectivity index (χ2v) is 5.27. The summed E-state index contributed by atoms with van der Waals surface area (Å²) in [6.45, 7) is 2.08. The summed E-state index contributed by atoms with van der Waals surface area (Å²) in [5, 5.41) is 3.07. The Kier molecular flexibility index (Phi) is 4.30. The van der Waals surface area contributed by atoms with Crippen molar-refractivity contribution in [2.75, 3.05) is 12.8 Å². The van der Waals surface area contributed by atoms with E-state index in [-0.39, 0.29) is 11.9 Å². The molecule has 1 fully saturated rings. The third-order valence-electron chi connectivity index (χ3n) is 3.94. The lowest BCUT2D eigenvalue weighted by molar-refractivity contribution is 0.0924. The topological polar surface area (TPSA) is 64.3 Å².